The van der Waals surface area contributed by atoms with Crippen LogP contribution in [0.15, 0.2) is 0 Å². The lowest BCUT2D eigenvalue weighted by molar-refractivity contribution is -0.105. The molecule has 4 heteroatoms. The van der Waals surface area contributed by atoms with Gasteiger partial charge < -0.3 is 14.2 Å². The zero-order chi connectivity index (χ0) is 14.8. The molecular formula is C18H31NO3. The van der Waals surface area contributed by atoms with Gasteiger partial charge in [-0.25, -0.2) is 0 Å². The first-order chi connectivity index (χ1) is 10.9. The van der Waals surface area contributed by atoms with E-state index < -0.39 is 0 Å². The van der Waals surface area contributed by atoms with E-state index in [0.717, 1.165) is 45.2 Å². The van der Waals surface area contributed by atoms with Crippen molar-refractivity contribution in [2.45, 2.75) is 63.2 Å². The second-order valence-electron chi connectivity index (χ2n) is 7.76. The molecule has 0 unspecified atom stereocenters. The zero-order valence-corrected chi connectivity index (χ0v) is 13.8. The molecule has 1 aliphatic carbocycles. The van der Waals surface area contributed by atoms with Crippen LogP contribution in [-0.2, 0) is 14.2 Å². The molecule has 0 radical (unpaired) electrons. The van der Waals surface area contributed by atoms with Gasteiger partial charge in [-0.05, 0) is 56.8 Å². The maximum Gasteiger partial charge on any atom is 0.0813 e. The monoisotopic (exact) mass is 309 g/mol. The molecule has 4 nitrogen and oxygen atoms in total. The third-order valence-corrected chi connectivity index (χ3v) is 5.94. The van der Waals surface area contributed by atoms with E-state index in [2.05, 4.69) is 4.90 Å². The van der Waals surface area contributed by atoms with Gasteiger partial charge in [-0.2, -0.15) is 0 Å². The van der Waals surface area contributed by atoms with Gasteiger partial charge in [0, 0.05) is 39.0 Å². The normalized spacial score (nSPS) is 37.4. The van der Waals surface area contributed by atoms with Crippen molar-refractivity contribution in [1.29, 1.82) is 0 Å². The lowest BCUT2D eigenvalue weighted by Gasteiger charge is -2.36. The van der Waals surface area contributed by atoms with Crippen molar-refractivity contribution in [3.63, 3.8) is 0 Å². The van der Waals surface area contributed by atoms with Crippen LogP contribution in [0.5, 0.6) is 0 Å². The fourth-order valence-electron chi connectivity index (χ4n) is 4.35. The Balaban J connectivity index is 1.16. The summed E-state index contributed by atoms with van der Waals surface area (Å²) >= 11 is 0. The summed E-state index contributed by atoms with van der Waals surface area (Å²) in [5, 5.41) is 0. The summed E-state index contributed by atoms with van der Waals surface area (Å²) in [6.07, 6.45) is 9.76. The molecule has 4 fully saturated rings. The van der Waals surface area contributed by atoms with Crippen molar-refractivity contribution in [1.82, 2.24) is 4.90 Å². The van der Waals surface area contributed by atoms with Gasteiger partial charge in [0.2, 0.25) is 0 Å². The zero-order valence-electron chi connectivity index (χ0n) is 13.8. The molecule has 3 aliphatic heterocycles. The van der Waals surface area contributed by atoms with E-state index in [1.807, 2.05) is 0 Å². The van der Waals surface area contributed by atoms with Gasteiger partial charge in [-0.1, -0.05) is 0 Å². The van der Waals surface area contributed by atoms with Gasteiger partial charge in [0.1, 0.15) is 0 Å². The molecule has 0 aromatic rings. The van der Waals surface area contributed by atoms with Crippen LogP contribution in [0.4, 0.5) is 0 Å². The quantitative estimate of drug-likeness (QED) is 0.754. The van der Waals surface area contributed by atoms with Crippen molar-refractivity contribution in [3.8, 4) is 0 Å². The van der Waals surface area contributed by atoms with Gasteiger partial charge in [0.25, 0.3) is 0 Å². The topological polar surface area (TPSA) is 30.9 Å². The number of likely N-dealkylation sites (tertiary alicyclic amines) is 1. The van der Waals surface area contributed by atoms with Crippen molar-refractivity contribution < 1.29 is 14.2 Å². The fourth-order valence-corrected chi connectivity index (χ4v) is 4.35. The van der Waals surface area contributed by atoms with E-state index in [9.17, 15) is 0 Å². The summed E-state index contributed by atoms with van der Waals surface area (Å²) in [6.45, 7) is 6.09. The van der Waals surface area contributed by atoms with Crippen LogP contribution in [0, 0.1) is 11.8 Å². The van der Waals surface area contributed by atoms with Crippen molar-refractivity contribution in [2.24, 2.45) is 11.8 Å². The first kappa shape index (κ1) is 15.4. The Morgan fingerprint density at radius 3 is 2.55 bits per heavy atom. The maximum atomic E-state index is 6.34. The lowest BCUT2D eigenvalue weighted by Crippen LogP contribution is -2.44. The number of hydrogen-bond acceptors (Lipinski definition) is 4. The van der Waals surface area contributed by atoms with E-state index in [0.29, 0.717) is 24.2 Å². The number of nitrogens with zero attached hydrogens (tertiary/aromatic N) is 1. The van der Waals surface area contributed by atoms with Crippen LogP contribution in [0.2, 0.25) is 0 Å². The van der Waals surface area contributed by atoms with E-state index in [1.165, 1.54) is 45.2 Å². The molecule has 3 atom stereocenters. The molecule has 22 heavy (non-hydrogen) atoms. The Hall–Kier alpha value is -0.160. The molecule has 1 saturated carbocycles. The number of ether oxygens (including phenoxy) is 3. The number of rotatable bonds is 6. The molecular weight excluding hydrogens is 278 g/mol. The van der Waals surface area contributed by atoms with Gasteiger partial charge in [-0.3, -0.25) is 4.90 Å². The minimum Gasteiger partial charge on any atom is -0.381 e. The predicted octanol–water partition coefficient (Wildman–Crippen LogP) is 2.46. The molecule has 3 heterocycles. The average Bonchev–Trinajstić information content (AvgIpc) is 3.28. The molecule has 0 spiro atoms. The Labute approximate surface area is 134 Å². The summed E-state index contributed by atoms with van der Waals surface area (Å²) in [6, 6.07) is 0.701. The minimum absolute atomic E-state index is 0.335. The largest absolute Gasteiger partial charge is 0.381 e. The molecule has 126 valence electrons. The summed E-state index contributed by atoms with van der Waals surface area (Å²) in [5.41, 5.74) is 0. The summed E-state index contributed by atoms with van der Waals surface area (Å²) in [7, 11) is 0. The van der Waals surface area contributed by atoms with Crippen LogP contribution in [-0.4, -0.2) is 62.7 Å². The van der Waals surface area contributed by atoms with Crippen molar-refractivity contribution in [3.05, 3.63) is 0 Å². The first-order valence-electron chi connectivity index (χ1n) is 9.43. The molecule has 0 amide bonds. The molecule has 0 aromatic heterocycles. The Bertz CT molecular complexity index is 354. The molecule has 0 bridgehead atoms. The lowest BCUT2D eigenvalue weighted by atomic mass is 9.99. The van der Waals surface area contributed by atoms with E-state index in [1.54, 1.807) is 0 Å². The Kier molecular flexibility index (Phi) is 5.01. The Morgan fingerprint density at radius 1 is 0.864 bits per heavy atom. The van der Waals surface area contributed by atoms with Crippen LogP contribution >= 0.6 is 0 Å². The van der Waals surface area contributed by atoms with Gasteiger partial charge >= 0.3 is 0 Å². The summed E-state index contributed by atoms with van der Waals surface area (Å²) in [4.78, 5) is 2.71. The fraction of sp³-hybridized carbons (Fsp3) is 1.00. The van der Waals surface area contributed by atoms with Crippen molar-refractivity contribution >= 4 is 0 Å². The minimum atomic E-state index is 0.335. The van der Waals surface area contributed by atoms with Crippen LogP contribution in [0.3, 0.4) is 0 Å². The average molecular weight is 309 g/mol. The Morgan fingerprint density at radius 2 is 1.73 bits per heavy atom. The van der Waals surface area contributed by atoms with E-state index in [4.69, 9.17) is 14.2 Å². The first-order valence-corrected chi connectivity index (χ1v) is 9.43. The second-order valence-corrected chi connectivity index (χ2v) is 7.76. The number of hydrogen-bond donors (Lipinski definition) is 0. The maximum absolute atomic E-state index is 6.34. The summed E-state index contributed by atoms with van der Waals surface area (Å²) < 4.78 is 17.7. The highest BCUT2D eigenvalue weighted by atomic mass is 16.5. The van der Waals surface area contributed by atoms with Crippen LogP contribution < -0.4 is 0 Å². The number of fused-ring (bicyclic) bond motifs is 1. The molecule has 0 N–H and O–H groups in total. The highest BCUT2D eigenvalue weighted by molar-refractivity contribution is 4.94. The van der Waals surface area contributed by atoms with Crippen molar-refractivity contribution in [2.75, 3.05) is 39.5 Å². The molecule has 4 rings (SSSR count). The summed E-state index contributed by atoms with van der Waals surface area (Å²) in [5.74, 6) is 1.70. The van der Waals surface area contributed by atoms with Crippen LogP contribution in [0.1, 0.15) is 44.9 Å². The third-order valence-electron chi connectivity index (χ3n) is 5.94. The predicted molar refractivity (Wildman–Crippen MR) is 85.0 cm³/mol. The standard InChI is InChI=1S/C18H31NO3/c1-2-14(1)11-19-8-5-18-17(19)4-3-16(22-18)13-21-12-15-6-9-20-10-7-15/h14-18H,1-13H2/t16-,17-,18-/m1/s1. The molecule has 4 aliphatic rings. The second kappa shape index (κ2) is 7.16. The van der Waals surface area contributed by atoms with Crippen LogP contribution in [0.25, 0.3) is 0 Å². The van der Waals surface area contributed by atoms with Gasteiger partial charge in [0.15, 0.2) is 0 Å². The molecule has 3 saturated heterocycles. The van der Waals surface area contributed by atoms with E-state index >= 15 is 0 Å². The highest BCUT2D eigenvalue weighted by Gasteiger charge is 2.41. The smallest absolute Gasteiger partial charge is 0.0813 e. The van der Waals surface area contributed by atoms with Gasteiger partial charge in [0.05, 0.1) is 18.8 Å². The third kappa shape index (κ3) is 3.84. The van der Waals surface area contributed by atoms with Gasteiger partial charge in [-0.15, -0.1) is 0 Å². The SMILES string of the molecule is C1CC(COC[C@H]2CC[C@@H]3[C@@H](CCN3CC3CC3)O2)CCO1. The highest BCUT2D eigenvalue weighted by Crippen LogP contribution is 2.36. The molecule has 0 aromatic carbocycles. The van der Waals surface area contributed by atoms with E-state index in [-0.39, 0.29) is 0 Å².